The van der Waals surface area contributed by atoms with Crippen LogP contribution in [0, 0.1) is 11.8 Å². The average molecular weight is 283 g/mol. The van der Waals surface area contributed by atoms with Gasteiger partial charge < -0.3 is 0 Å². The number of nitrogens with zero attached hydrogens (tertiary/aromatic N) is 1. The minimum Gasteiger partial charge on any atom is -0.295 e. The predicted molar refractivity (Wildman–Crippen MR) is 84.7 cm³/mol. The van der Waals surface area contributed by atoms with Crippen LogP contribution in [0.2, 0.25) is 0 Å². The third kappa shape index (κ3) is 3.37. The normalized spacial score (nSPS) is 20.8. The Labute approximate surface area is 127 Å². The van der Waals surface area contributed by atoms with Crippen LogP contribution in [0.15, 0.2) is 18.2 Å². The van der Waals surface area contributed by atoms with Crippen LogP contribution in [0.5, 0.6) is 0 Å². The molecule has 0 heterocycles. The Bertz CT molecular complexity index is 528. The van der Waals surface area contributed by atoms with Crippen LogP contribution in [0.1, 0.15) is 53.6 Å². The van der Waals surface area contributed by atoms with Gasteiger partial charge in [0, 0.05) is 18.7 Å². The SMILES string of the molecule is O=C(CN(CC1CC1)CC1CC1)c1ccc2c(c1)CCC2. The zero-order valence-electron chi connectivity index (χ0n) is 12.8. The Morgan fingerprint density at radius 3 is 2.33 bits per heavy atom. The number of benzene rings is 1. The maximum atomic E-state index is 12.6. The number of carbonyl (C=O) groups excluding carboxylic acids is 1. The smallest absolute Gasteiger partial charge is 0.176 e. The maximum Gasteiger partial charge on any atom is 0.176 e. The number of carbonyl (C=O) groups is 1. The minimum atomic E-state index is 0.325. The fourth-order valence-electron chi connectivity index (χ4n) is 3.57. The number of hydrogen-bond donors (Lipinski definition) is 0. The number of ketones is 1. The highest BCUT2D eigenvalue weighted by Gasteiger charge is 2.30. The standard InChI is InChI=1S/C19H25NO/c21-19(18-9-8-16-2-1-3-17(16)10-18)13-20(11-14-4-5-14)12-15-6-7-15/h8-10,14-15H,1-7,11-13H2. The number of rotatable bonds is 7. The Balaban J connectivity index is 1.42. The first-order valence-electron chi connectivity index (χ1n) is 8.65. The number of fused-ring (bicyclic) bond motifs is 1. The van der Waals surface area contributed by atoms with Crippen molar-refractivity contribution in [3.63, 3.8) is 0 Å². The van der Waals surface area contributed by atoms with Crippen molar-refractivity contribution in [3.8, 4) is 0 Å². The molecule has 2 heteroatoms. The minimum absolute atomic E-state index is 0.325. The molecule has 2 fully saturated rings. The molecular weight excluding hydrogens is 258 g/mol. The van der Waals surface area contributed by atoms with Gasteiger partial charge in [0.1, 0.15) is 0 Å². The molecule has 0 aromatic heterocycles. The van der Waals surface area contributed by atoms with E-state index in [1.165, 1.54) is 49.7 Å². The van der Waals surface area contributed by atoms with E-state index in [2.05, 4.69) is 23.1 Å². The van der Waals surface area contributed by atoms with Crippen LogP contribution in [0.3, 0.4) is 0 Å². The first kappa shape index (κ1) is 13.5. The fourth-order valence-corrected chi connectivity index (χ4v) is 3.57. The largest absolute Gasteiger partial charge is 0.295 e. The molecule has 0 radical (unpaired) electrons. The van der Waals surface area contributed by atoms with Gasteiger partial charge >= 0.3 is 0 Å². The molecule has 3 aliphatic rings. The van der Waals surface area contributed by atoms with Gasteiger partial charge in [0.05, 0.1) is 6.54 Å². The summed E-state index contributed by atoms with van der Waals surface area (Å²) in [6, 6.07) is 6.40. The van der Waals surface area contributed by atoms with Crippen LogP contribution in [-0.4, -0.2) is 30.3 Å². The Morgan fingerprint density at radius 1 is 1.00 bits per heavy atom. The summed E-state index contributed by atoms with van der Waals surface area (Å²) < 4.78 is 0. The molecule has 0 bridgehead atoms. The molecule has 3 aliphatic carbocycles. The van der Waals surface area contributed by atoms with E-state index < -0.39 is 0 Å². The molecular formula is C19H25NO. The lowest BCUT2D eigenvalue weighted by atomic mass is 10.0. The lowest BCUT2D eigenvalue weighted by Crippen LogP contribution is -2.33. The number of Topliss-reactive ketones (excluding diaryl/α,β-unsaturated/α-hetero) is 1. The molecule has 4 rings (SSSR count). The van der Waals surface area contributed by atoms with Gasteiger partial charge in [0.2, 0.25) is 0 Å². The summed E-state index contributed by atoms with van der Waals surface area (Å²) >= 11 is 0. The van der Waals surface area contributed by atoms with Crippen LogP contribution in [0.25, 0.3) is 0 Å². The van der Waals surface area contributed by atoms with Crippen LogP contribution < -0.4 is 0 Å². The molecule has 0 N–H and O–H groups in total. The van der Waals surface area contributed by atoms with Crippen molar-refractivity contribution in [2.75, 3.05) is 19.6 Å². The van der Waals surface area contributed by atoms with Crippen molar-refractivity contribution in [2.24, 2.45) is 11.8 Å². The first-order valence-corrected chi connectivity index (χ1v) is 8.65. The third-order valence-corrected chi connectivity index (χ3v) is 5.21. The van der Waals surface area contributed by atoms with Crippen LogP contribution >= 0.6 is 0 Å². The fraction of sp³-hybridized carbons (Fsp3) is 0.632. The Morgan fingerprint density at radius 2 is 1.67 bits per heavy atom. The van der Waals surface area contributed by atoms with E-state index in [4.69, 9.17) is 0 Å². The average Bonchev–Trinajstić information content (AvgIpc) is 3.40. The van der Waals surface area contributed by atoms with Gasteiger partial charge in [-0.25, -0.2) is 0 Å². The quantitative estimate of drug-likeness (QED) is 0.714. The molecule has 2 nitrogen and oxygen atoms in total. The van der Waals surface area contributed by atoms with Crippen molar-refractivity contribution in [1.29, 1.82) is 0 Å². The summed E-state index contributed by atoms with van der Waals surface area (Å²) in [7, 11) is 0. The molecule has 112 valence electrons. The third-order valence-electron chi connectivity index (χ3n) is 5.21. The van der Waals surface area contributed by atoms with Gasteiger partial charge in [-0.3, -0.25) is 9.69 Å². The molecule has 2 saturated carbocycles. The molecule has 0 atom stereocenters. The number of aryl methyl sites for hydroxylation is 2. The molecule has 0 amide bonds. The first-order chi connectivity index (χ1) is 10.3. The Kier molecular flexibility index (Phi) is 3.58. The van der Waals surface area contributed by atoms with Crippen molar-refractivity contribution in [1.82, 2.24) is 4.90 Å². The molecule has 0 unspecified atom stereocenters. The van der Waals surface area contributed by atoms with Gasteiger partial charge in [0.15, 0.2) is 5.78 Å². The maximum absolute atomic E-state index is 12.6. The summed E-state index contributed by atoms with van der Waals surface area (Å²) in [5.41, 5.74) is 3.81. The Hall–Kier alpha value is -1.15. The lowest BCUT2D eigenvalue weighted by molar-refractivity contribution is 0.0923. The highest BCUT2D eigenvalue weighted by molar-refractivity contribution is 5.97. The second kappa shape index (κ2) is 5.57. The van der Waals surface area contributed by atoms with Crippen molar-refractivity contribution in [3.05, 3.63) is 34.9 Å². The summed E-state index contributed by atoms with van der Waals surface area (Å²) in [6.07, 6.45) is 9.08. The van der Waals surface area contributed by atoms with Gasteiger partial charge in [-0.05, 0) is 74.0 Å². The topological polar surface area (TPSA) is 20.3 Å². The van der Waals surface area contributed by atoms with Crippen molar-refractivity contribution in [2.45, 2.75) is 44.9 Å². The molecule has 1 aromatic rings. The zero-order valence-corrected chi connectivity index (χ0v) is 12.8. The molecule has 0 spiro atoms. The van der Waals surface area contributed by atoms with Gasteiger partial charge in [-0.2, -0.15) is 0 Å². The monoisotopic (exact) mass is 283 g/mol. The number of hydrogen-bond acceptors (Lipinski definition) is 2. The summed E-state index contributed by atoms with van der Waals surface area (Å²) in [5.74, 6) is 2.07. The summed E-state index contributed by atoms with van der Waals surface area (Å²) in [5, 5.41) is 0. The van der Waals surface area contributed by atoms with Crippen molar-refractivity contribution >= 4 is 5.78 Å². The lowest BCUT2D eigenvalue weighted by Gasteiger charge is -2.21. The van der Waals surface area contributed by atoms with Crippen LogP contribution in [0.4, 0.5) is 0 Å². The second-order valence-electron chi connectivity index (χ2n) is 7.34. The van der Waals surface area contributed by atoms with Crippen LogP contribution in [-0.2, 0) is 12.8 Å². The summed E-state index contributed by atoms with van der Waals surface area (Å²) in [4.78, 5) is 15.1. The predicted octanol–water partition coefficient (Wildman–Crippen LogP) is 3.48. The molecule has 0 aliphatic heterocycles. The van der Waals surface area contributed by atoms with E-state index in [-0.39, 0.29) is 0 Å². The van der Waals surface area contributed by atoms with E-state index in [0.29, 0.717) is 12.3 Å². The summed E-state index contributed by atoms with van der Waals surface area (Å²) in [6.45, 7) is 2.92. The molecule has 0 saturated heterocycles. The van der Waals surface area contributed by atoms with Gasteiger partial charge in [-0.15, -0.1) is 0 Å². The van der Waals surface area contributed by atoms with Gasteiger partial charge in [0.25, 0.3) is 0 Å². The molecule has 1 aromatic carbocycles. The van der Waals surface area contributed by atoms with E-state index >= 15 is 0 Å². The highest BCUT2D eigenvalue weighted by atomic mass is 16.1. The van der Waals surface area contributed by atoms with E-state index in [9.17, 15) is 4.79 Å². The van der Waals surface area contributed by atoms with E-state index in [1.807, 2.05) is 0 Å². The van der Waals surface area contributed by atoms with E-state index in [1.54, 1.807) is 0 Å². The second-order valence-corrected chi connectivity index (χ2v) is 7.34. The van der Waals surface area contributed by atoms with Gasteiger partial charge in [-0.1, -0.05) is 12.1 Å². The zero-order chi connectivity index (χ0) is 14.2. The van der Waals surface area contributed by atoms with E-state index in [0.717, 1.165) is 36.9 Å². The molecule has 21 heavy (non-hydrogen) atoms. The highest BCUT2D eigenvalue weighted by Crippen LogP contribution is 2.33. The van der Waals surface area contributed by atoms with Crippen molar-refractivity contribution < 1.29 is 4.79 Å².